The van der Waals surface area contributed by atoms with Gasteiger partial charge in [0.25, 0.3) is 0 Å². The Hall–Kier alpha value is -1.16. The second-order valence-electron chi connectivity index (χ2n) is 4.04. The summed E-state index contributed by atoms with van der Waals surface area (Å²) in [4.78, 5) is 11.0. The van der Waals surface area contributed by atoms with Gasteiger partial charge in [0.05, 0.1) is 5.69 Å². The summed E-state index contributed by atoms with van der Waals surface area (Å²) in [5.74, 6) is 1.04. The van der Waals surface area contributed by atoms with Crippen molar-refractivity contribution in [3.8, 4) is 0 Å². The Bertz CT molecular complexity index is 326. The van der Waals surface area contributed by atoms with Crippen molar-refractivity contribution < 1.29 is 0 Å². The molecule has 0 amide bonds. The molecule has 1 N–H and O–H groups in total. The first-order valence-corrected chi connectivity index (χ1v) is 5.51. The van der Waals surface area contributed by atoms with Crippen LogP contribution in [0.3, 0.4) is 0 Å². The molecule has 0 radical (unpaired) electrons. The van der Waals surface area contributed by atoms with Crippen LogP contribution in [0.4, 0.5) is 5.82 Å². The molecule has 82 valence electrons. The average molecular weight is 206 g/mol. The van der Waals surface area contributed by atoms with Gasteiger partial charge < -0.3 is 10.2 Å². The summed E-state index contributed by atoms with van der Waals surface area (Å²) >= 11 is 0. The summed E-state index contributed by atoms with van der Waals surface area (Å²) in [7, 11) is 2.03. The number of hydrogen-bond donors (Lipinski definition) is 1. The largest absolute Gasteiger partial charge is 0.354 e. The van der Waals surface area contributed by atoms with Crippen molar-refractivity contribution >= 4 is 5.82 Å². The summed E-state index contributed by atoms with van der Waals surface area (Å²) in [5, 5.41) is 3.33. The van der Waals surface area contributed by atoms with E-state index in [9.17, 15) is 0 Å². The van der Waals surface area contributed by atoms with E-state index in [1.54, 1.807) is 12.4 Å². The van der Waals surface area contributed by atoms with Crippen LogP contribution >= 0.6 is 0 Å². The number of hydrogen-bond acceptors (Lipinski definition) is 4. The number of nitrogens with zero attached hydrogens (tertiary/aromatic N) is 3. The van der Waals surface area contributed by atoms with Gasteiger partial charge in [-0.1, -0.05) is 0 Å². The summed E-state index contributed by atoms with van der Waals surface area (Å²) in [5.41, 5.74) is 1.02. The van der Waals surface area contributed by atoms with Crippen molar-refractivity contribution in [2.75, 3.05) is 25.0 Å². The second kappa shape index (κ2) is 4.57. The molecule has 1 atom stereocenters. The van der Waals surface area contributed by atoms with Gasteiger partial charge in [-0.2, -0.15) is 0 Å². The maximum Gasteiger partial charge on any atom is 0.150 e. The van der Waals surface area contributed by atoms with Crippen molar-refractivity contribution in [2.24, 2.45) is 0 Å². The fraction of sp³-hybridized carbons (Fsp3) is 0.636. The normalized spacial score (nSPS) is 21.7. The molecule has 4 heteroatoms. The van der Waals surface area contributed by atoms with Crippen molar-refractivity contribution in [1.29, 1.82) is 0 Å². The SMILES string of the molecule is CN[C@@H]1CCCN(c2nccnc2C)C1. The minimum atomic E-state index is 0.583. The number of nitrogens with one attached hydrogen (secondary N) is 1. The molecule has 1 saturated heterocycles. The van der Waals surface area contributed by atoms with Crippen LogP contribution in [0.25, 0.3) is 0 Å². The Morgan fingerprint density at radius 2 is 2.20 bits per heavy atom. The number of aryl methyl sites for hydroxylation is 1. The Morgan fingerprint density at radius 3 is 2.93 bits per heavy atom. The van der Waals surface area contributed by atoms with Crippen molar-refractivity contribution in [2.45, 2.75) is 25.8 Å². The molecule has 2 heterocycles. The zero-order valence-corrected chi connectivity index (χ0v) is 9.40. The molecular weight excluding hydrogens is 188 g/mol. The average Bonchev–Trinajstić information content (AvgIpc) is 2.30. The van der Waals surface area contributed by atoms with Crippen molar-refractivity contribution in [3.05, 3.63) is 18.1 Å². The Morgan fingerprint density at radius 1 is 1.40 bits per heavy atom. The molecule has 2 rings (SSSR count). The van der Waals surface area contributed by atoms with Gasteiger partial charge in [-0.25, -0.2) is 4.98 Å². The topological polar surface area (TPSA) is 41.0 Å². The lowest BCUT2D eigenvalue weighted by Gasteiger charge is -2.33. The molecular formula is C11H18N4. The van der Waals surface area contributed by atoms with Crippen LogP contribution in [0, 0.1) is 6.92 Å². The quantitative estimate of drug-likeness (QED) is 0.783. The molecule has 4 nitrogen and oxygen atoms in total. The van der Waals surface area contributed by atoms with E-state index in [4.69, 9.17) is 0 Å². The summed E-state index contributed by atoms with van der Waals surface area (Å²) in [6.07, 6.45) is 6.00. The standard InChI is InChI=1S/C11H18N4/c1-9-11(14-6-5-13-9)15-7-3-4-10(8-15)12-2/h5-6,10,12H,3-4,7-8H2,1-2H3/t10-/m1/s1. The molecule has 0 spiro atoms. The summed E-state index contributed by atoms with van der Waals surface area (Å²) in [6, 6.07) is 0.583. The van der Waals surface area contributed by atoms with Crippen LogP contribution in [0.5, 0.6) is 0 Å². The van der Waals surface area contributed by atoms with Gasteiger partial charge in [0.1, 0.15) is 5.82 Å². The van der Waals surface area contributed by atoms with Crippen molar-refractivity contribution in [1.82, 2.24) is 15.3 Å². The van der Waals surface area contributed by atoms with E-state index in [1.807, 2.05) is 14.0 Å². The maximum atomic E-state index is 4.41. The molecule has 1 aromatic heterocycles. The number of aromatic nitrogens is 2. The first kappa shape index (κ1) is 10.4. The van der Waals surface area contributed by atoms with E-state index in [1.165, 1.54) is 12.8 Å². The van der Waals surface area contributed by atoms with Gasteiger partial charge >= 0.3 is 0 Å². The smallest absolute Gasteiger partial charge is 0.150 e. The van der Waals surface area contributed by atoms with Crippen LogP contribution in [0.15, 0.2) is 12.4 Å². The maximum absolute atomic E-state index is 4.41. The van der Waals surface area contributed by atoms with Crippen LogP contribution in [-0.4, -0.2) is 36.1 Å². The lowest BCUT2D eigenvalue weighted by atomic mass is 10.1. The first-order chi connectivity index (χ1) is 7.31. The van der Waals surface area contributed by atoms with E-state index in [2.05, 4.69) is 20.2 Å². The third-order valence-electron chi connectivity index (χ3n) is 2.98. The van der Waals surface area contributed by atoms with Crippen LogP contribution in [0.1, 0.15) is 18.5 Å². The van der Waals surface area contributed by atoms with E-state index >= 15 is 0 Å². The minimum Gasteiger partial charge on any atom is -0.354 e. The van der Waals surface area contributed by atoms with Crippen molar-refractivity contribution in [3.63, 3.8) is 0 Å². The molecule has 0 saturated carbocycles. The Labute approximate surface area is 90.7 Å². The van der Waals surface area contributed by atoms with Gasteiger partial charge in [-0.3, -0.25) is 4.98 Å². The molecule has 1 aliphatic heterocycles. The molecule has 0 aliphatic carbocycles. The molecule has 0 aromatic carbocycles. The van der Waals surface area contributed by atoms with Gasteiger partial charge in [0.2, 0.25) is 0 Å². The Kier molecular flexibility index (Phi) is 3.16. The van der Waals surface area contributed by atoms with E-state index in [0.717, 1.165) is 24.6 Å². The van der Waals surface area contributed by atoms with Gasteiger partial charge in [-0.05, 0) is 26.8 Å². The first-order valence-electron chi connectivity index (χ1n) is 5.51. The zero-order valence-electron chi connectivity index (χ0n) is 9.40. The second-order valence-corrected chi connectivity index (χ2v) is 4.04. The number of rotatable bonds is 2. The van der Waals surface area contributed by atoms with Gasteiger partial charge in [-0.15, -0.1) is 0 Å². The lowest BCUT2D eigenvalue weighted by Crippen LogP contribution is -2.45. The molecule has 0 unspecified atom stereocenters. The molecule has 1 fully saturated rings. The highest BCUT2D eigenvalue weighted by Crippen LogP contribution is 2.19. The fourth-order valence-corrected chi connectivity index (χ4v) is 2.12. The van der Waals surface area contributed by atoms with Gasteiger partial charge in [0.15, 0.2) is 0 Å². The van der Waals surface area contributed by atoms with Crippen LogP contribution in [0.2, 0.25) is 0 Å². The highest BCUT2D eigenvalue weighted by Gasteiger charge is 2.20. The van der Waals surface area contributed by atoms with E-state index < -0.39 is 0 Å². The molecule has 0 bridgehead atoms. The van der Waals surface area contributed by atoms with E-state index in [-0.39, 0.29) is 0 Å². The molecule has 15 heavy (non-hydrogen) atoms. The fourth-order valence-electron chi connectivity index (χ4n) is 2.12. The number of piperidine rings is 1. The highest BCUT2D eigenvalue weighted by molar-refractivity contribution is 5.42. The van der Waals surface area contributed by atoms with Crippen LogP contribution in [-0.2, 0) is 0 Å². The monoisotopic (exact) mass is 206 g/mol. The van der Waals surface area contributed by atoms with Gasteiger partial charge in [0, 0.05) is 31.5 Å². The predicted molar refractivity (Wildman–Crippen MR) is 61.1 cm³/mol. The van der Waals surface area contributed by atoms with E-state index in [0.29, 0.717) is 6.04 Å². The number of likely N-dealkylation sites (N-methyl/N-ethyl adjacent to an activating group) is 1. The third kappa shape index (κ3) is 2.26. The lowest BCUT2D eigenvalue weighted by molar-refractivity contribution is 0.447. The Balaban J connectivity index is 2.13. The highest BCUT2D eigenvalue weighted by atomic mass is 15.2. The molecule has 1 aliphatic rings. The summed E-state index contributed by atoms with van der Waals surface area (Å²) < 4.78 is 0. The van der Waals surface area contributed by atoms with Crippen LogP contribution < -0.4 is 10.2 Å². The molecule has 1 aromatic rings. The third-order valence-corrected chi connectivity index (χ3v) is 2.98. The summed E-state index contributed by atoms with van der Waals surface area (Å²) in [6.45, 7) is 4.15. The minimum absolute atomic E-state index is 0.583. The predicted octanol–water partition coefficient (Wildman–Crippen LogP) is 0.973. The number of anilines is 1. The zero-order chi connectivity index (χ0) is 10.7.